The van der Waals surface area contributed by atoms with E-state index in [0.717, 1.165) is 5.56 Å². The van der Waals surface area contributed by atoms with Crippen LogP contribution in [0.25, 0.3) is 0 Å². The van der Waals surface area contributed by atoms with E-state index >= 15 is 0 Å². The number of hydrogen-bond donors (Lipinski definition) is 3. The molecular weight excluding hydrogens is 318 g/mol. The molecule has 1 heterocycles. The molecule has 1 aromatic carbocycles. The first kappa shape index (κ1) is 18.6. The van der Waals surface area contributed by atoms with Crippen molar-refractivity contribution in [3.05, 3.63) is 66.0 Å². The number of nitrogens with one attached hydrogen (secondary N) is 1. The summed E-state index contributed by atoms with van der Waals surface area (Å²) >= 11 is 0. The van der Waals surface area contributed by atoms with Gasteiger partial charge in [0.2, 0.25) is 11.8 Å². The average molecular weight is 341 g/mol. The predicted molar refractivity (Wildman–Crippen MR) is 94.2 cm³/mol. The number of aromatic nitrogens is 1. The molecule has 0 unspecified atom stereocenters. The molecule has 0 saturated heterocycles. The lowest BCUT2D eigenvalue weighted by Gasteiger charge is -2.17. The molecular formula is C19H23N3O3. The molecule has 0 saturated carbocycles. The molecule has 132 valence electrons. The summed E-state index contributed by atoms with van der Waals surface area (Å²) < 4.78 is 0. The van der Waals surface area contributed by atoms with E-state index in [1.54, 1.807) is 18.3 Å². The number of nitrogens with zero attached hydrogens (tertiary/aromatic N) is 1. The summed E-state index contributed by atoms with van der Waals surface area (Å²) in [6, 6.07) is 15.1. The fourth-order valence-electron chi connectivity index (χ4n) is 2.52. The molecule has 0 radical (unpaired) electrons. The number of aliphatic hydroxyl groups is 1. The number of primary amides is 1. The zero-order valence-electron chi connectivity index (χ0n) is 14.0. The van der Waals surface area contributed by atoms with Gasteiger partial charge in [-0.15, -0.1) is 0 Å². The molecule has 6 heteroatoms. The van der Waals surface area contributed by atoms with E-state index in [1.807, 2.05) is 36.4 Å². The summed E-state index contributed by atoms with van der Waals surface area (Å²) in [6.45, 7) is 0.212. The number of amides is 2. The molecule has 0 aliphatic carbocycles. The number of aliphatic hydroxyl groups excluding tert-OH is 1. The smallest absolute Gasteiger partial charge is 0.232 e. The van der Waals surface area contributed by atoms with E-state index in [2.05, 4.69) is 10.3 Å². The second kappa shape index (κ2) is 9.54. The monoisotopic (exact) mass is 341 g/mol. The summed E-state index contributed by atoms with van der Waals surface area (Å²) in [7, 11) is 0. The van der Waals surface area contributed by atoms with Crippen LogP contribution in [0.3, 0.4) is 0 Å². The van der Waals surface area contributed by atoms with Crippen molar-refractivity contribution in [2.75, 3.05) is 0 Å². The Bertz CT molecular complexity index is 677. The van der Waals surface area contributed by atoms with Gasteiger partial charge in [-0.25, -0.2) is 0 Å². The van der Waals surface area contributed by atoms with E-state index < -0.39 is 23.8 Å². The molecule has 0 aliphatic heterocycles. The fraction of sp³-hybridized carbons (Fsp3) is 0.316. The minimum absolute atomic E-state index is 0.0101. The highest BCUT2D eigenvalue weighted by Gasteiger charge is 2.27. The SMILES string of the molecule is NC(=O)[C@@H](C[C@@H](O)CCc1ccccc1)C(=O)NCc1ccccn1. The number of nitrogens with two attached hydrogens (primary N) is 1. The minimum Gasteiger partial charge on any atom is -0.393 e. The quantitative estimate of drug-likeness (QED) is 0.596. The molecule has 6 nitrogen and oxygen atoms in total. The molecule has 2 rings (SSSR count). The Labute approximate surface area is 147 Å². The molecule has 2 amide bonds. The van der Waals surface area contributed by atoms with Crippen LogP contribution < -0.4 is 11.1 Å². The van der Waals surface area contributed by atoms with Gasteiger partial charge in [-0.1, -0.05) is 36.4 Å². The molecule has 2 aromatic rings. The predicted octanol–water partition coefficient (Wildman–Crippen LogP) is 1.18. The summed E-state index contributed by atoms with van der Waals surface area (Å²) in [5, 5.41) is 12.8. The molecule has 0 fully saturated rings. The number of benzene rings is 1. The lowest BCUT2D eigenvalue weighted by molar-refractivity contribution is -0.135. The van der Waals surface area contributed by atoms with Crippen molar-refractivity contribution >= 4 is 11.8 Å². The lowest BCUT2D eigenvalue weighted by atomic mass is 9.96. The standard InChI is InChI=1S/C19H23N3O3/c20-18(24)17(19(25)22-13-15-8-4-5-11-21-15)12-16(23)10-9-14-6-2-1-3-7-14/h1-8,11,16-17,23H,9-10,12-13H2,(H2,20,24)(H,22,25)/t16-,17+/m0/s1. The molecule has 2 atom stereocenters. The van der Waals surface area contributed by atoms with Crippen molar-refractivity contribution < 1.29 is 14.7 Å². The second-order valence-corrected chi connectivity index (χ2v) is 5.91. The van der Waals surface area contributed by atoms with Gasteiger partial charge in [-0.05, 0) is 37.0 Å². The van der Waals surface area contributed by atoms with Crippen LogP contribution in [0.1, 0.15) is 24.1 Å². The van der Waals surface area contributed by atoms with Gasteiger partial charge < -0.3 is 16.2 Å². The van der Waals surface area contributed by atoms with Crippen molar-refractivity contribution in [2.24, 2.45) is 11.7 Å². The Morgan fingerprint density at radius 1 is 1.12 bits per heavy atom. The first-order valence-corrected chi connectivity index (χ1v) is 8.25. The van der Waals surface area contributed by atoms with E-state index in [9.17, 15) is 14.7 Å². The van der Waals surface area contributed by atoms with Crippen molar-refractivity contribution in [3.8, 4) is 0 Å². The van der Waals surface area contributed by atoms with Crippen LogP contribution in [0.2, 0.25) is 0 Å². The highest BCUT2D eigenvalue weighted by Crippen LogP contribution is 2.13. The third-order valence-electron chi connectivity index (χ3n) is 3.95. The fourth-order valence-corrected chi connectivity index (χ4v) is 2.52. The number of rotatable bonds is 9. The maximum absolute atomic E-state index is 12.2. The van der Waals surface area contributed by atoms with Gasteiger partial charge in [-0.2, -0.15) is 0 Å². The van der Waals surface area contributed by atoms with E-state index in [1.165, 1.54) is 0 Å². The van der Waals surface area contributed by atoms with Crippen LogP contribution in [0.15, 0.2) is 54.7 Å². The van der Waals surface area contributed by atoms with Gasteiger partial charge in [0.05, 0.1) is 18.3 Å². The Hall–Kier alpha value is -2.73. The second-order valence-electron chi connectivity index (χ2n) is 5.91. The summed E-state index contributed by atoms with van der Waals surface area (Å²) in [5.41, 5.74) is 7.11. The molecule has 1 aromatic heterocycles. The Morgan fingerprint density at radius 3 is 2.48 bits per heavy atom. The molecule has 0 spiro atoms. The summed E-state index contributed by atoms with van der Waals surface area (Å²) in [5.74, 6) is -2.29. The molecule has 25 heavy (non-hydrogen) atoms. The first-order chi connectivity index (χ1) is 12.1. The highest BCUT2D eigenvalue weighted by atomic mass is 16.3. The van der Waals surface area contributed by atoms with Crippen molar-refractivity contribution in [2.45, 2.75) is 31.9 Å². The largest absolute Gasteiger partial charge is 0.393 e. The topological polar surface area (TPSA) is 105 Å². The van der Waals surface area contributed by atoms with E-state index in [0.29, 0.717) is 18.5 Å². The molecule has 0 aliphatic rings. The zero-order valence-corrected chi connectivity index (χ0v) is 14.0. The normalized spacial score (nSPS) is 13.0. The van der Waals surface area contributed by atoms with Crippen LogP contribution in [-0.4, -0.2) is 28.0 Å². The van der Waals surface area contributed by atoms with Crippen molar-refractivity contribution in [3.63, 3.8) is 0 Å². The van der Waals surface area contributed by atoms with Crippen LogP contribution in [0.5, 0.6) is 0 Å². The average Bonchev–Trinajstić information content (AvgIpc) is 2.64. The van der Waals surface area contributed by atoms with Gasteiger partial charge in [0.1, 0.15) is 5.92 Å². The van der Waals surface area contributed by atoms with Gasteiger partial charge >= 0.3 is 0 Å². The number of carbonyl (C=O) groups excluding carboxylic acids is 2. The number of aryl methyl sites for hydroxylation is 1. The number of hydrogen-bond acceptors (Lipinski definition) is 4. The van der Waals surface area contributed by atoms with Gasteiger partial charge in [-0.3, -0.25) is 14.6 Å². The maximum Gasteiger partial charge on any atom is 0.232 e. The van der Waals surface area contributed by atoms with Crippen molar-refractivity contribution in [1.82, 2.24) is 10.3 Å². The third-order valence-corrected chi connectivity index (χ3v) is 3.95. The number of carbonyl (C=O) groups is 2. The molecule has 4 N–H and O–H groups in total. The summed E-state index contributed by atoms with van der Waals surface area (Å²) in [4.78, 5) is 27.9. The van der Waals surface area contributed by atoms with Gasteiger partial charge in [0.25, 0.3) is 0 Å². The summed E-state index contributed by atoms with van der Waals surface area (Å²) in [6.07, 6.45) is 1.99. The molecule has 0 bridgehead atoms. The van der Waals surface area contributed by atoms with E-state index in [-0.39, 0.29) is 13.0 Å². The van der Waals surface area contributed by atoms with Gasteiger partial charge in [0.15, 0.2) is 0 Å². The highest BCUT2D eigenvalue weighted by molar-refractivity contribution is 5.99. The van der Waals surface area contributed by atoms with Crippen molar-refractivity contribution in [1.29, 1.82) is 0 Å². The Kier molecular flexibility index (Phi) is 7.10. The van der Waals surface area contributed by atoms with Crippen LogP contribution in [0, 0.1) is 5.92 Å². The van der Waals surface area contributed by atoms with Crippen LogP contribution in [-0.2, 0) is 22.6 Å². The Morgan fingerprint density at radius 2 is 1.84 bits per heavy atom. The maximum atomic E-state index is 12.2. The minimum atomic E-state index is -1.06. The Balaban J connectivity index is 1.84. The third kappa shape index (κ3) is 6.35. The lowest BCUT2D eigenvalue weighted by Crippen LogP contribution is -2.40. The zero-order chi connectivity index (χ0) is 18.1. The van der Waals surface area contributed by atoms with Gasteiger partial charge in [0, 0.05) is 6.20 Å². The van der Waals surface area contributed by atoms with Crippen LogP contribution in [0.4, 0.5) is 0 Å². The first-order valence-electron chi connectivity index (χ1n) is 8.25. The number of pyridine rings is 1. The van der Waals surface area contributed by atoms with Crippen LogP contribution >= 0.6 is 0 Å². The van der Waals surface area contributed by atoms with E-state index in [4.69, 9.17) is 5.73 Å².